The molecule has 0 spiro atoms. The van der Waals surface area contributed by atoms with Crippen LogP contribution in [0.15, 0.2) is 47.1 Å². The second-order valence-corrected chi connectivity index (χ2v) is 6.95. The molecule has 0 saturated carbocycles. The molecule has 2 unspecified atom stereocenters. The summed E-state index contributed by atoms with van der Waals surface area (Å²) in [4.78, 5) is 23.9. The fourth-order valence-electron chi connectivity index (χ4n) is 2.95. The van der Waals surface area contributed by atoms with Crippen molar-refractivity contribution >= 4 is 33.6 Å². The third-order valence-corrected chi connectivity index (χ3v) is 4.92. The lowest BCUT2D eigenvalue weighted by atomic mass is 9.82. The highest BCUT2D eigenvalue weighted by molar-refractivity contribution is 9.10. The molecule has 6 nitrogen and oxygen atoms in total. The number of aromatic nitrogens is 2. The first kappa shape index (κ1) is 18.3. The number of nitrogens with one attached hydrogen (secondary N) is 1. The van der Waals surface area contributed by atoms with Crippen molar-refractivity contribution in [2.45, 2.75) is 19.4 Å². The Hall–Kier alpha value is -2.48. The number of hydrogen-bond acceptors (Lipinski definition) is 3. The number of carboxylic acids is 1. The number of carbonyl (C=O) groups is 2. The Bertz CT molecular complexity index is 865. The van der Waals surface area contributed by atoms with Gasteiger partial charge in [0.15, 0.2) is 5.82 Å². The van der Waals surface area contributed by atoms with Gasteiger partial charge in [-0.15, -0.1) is 0 Å². The van der Waals surface area contributed by atoms with E-state index in [0.717, 1.165) is 0 Å². The summed E-state index contributed by atoms with van der Waals surface area (Å²) in [5.74, 6) is -2.83. The fraction of sp³-hybridized carbons (Fsp3) is 0.278. The molecule has 1 amide bonds. The van der Waals surface area contributed by atoms with E-state index in [0.29, 0.717) is 22.9 Å². The summed E-state index contributed by atoms with van der Waals surface area (Å²) in [6, 6.07) is 6.39. The fourth-order valence-corrected chi connectivity index (χ4v) is 3.36. The summed E-state index contributed by atoms with van der Waals surface area (Å²) >= 11 is 3.32. The minimum atomic E-state index is -0.987. The largest absolute Gasteiger partial charge is 0.481 e. The van der Waals surface area contributed by atoms with Gasteiger partial charge in [0.25, 0.3) is 0 Å². The Kier molecular flexibility index (Phi) is 5.51. The van der Waals surface area contributed by atoms with E-state index in [1.807, 2.05) is 6.08 Å². The van der Waals surface area contributed by atoms with E-state index in [9.17, 15) is 19.1 Å². The molecule has 3 rings (SSSR count). The van der Waals surface area contributed by atoms with Gasteiger partial charge >= 0.3 is 5.97 Å². The molecule has 0 saturated heterocycles. The Morgan fingerprint density at radius 3 is 2.65 bits per heavy atom. The van der Waals surface area contributed by atoms with E-state index < -0.39 is 23.7 Å². The molecule has 0 radical (unpaired) electrons. The summed E-state index contributed by atoms with van der Waals surface area (Å²) < 4.78 is 15.8. The van der Waals surface area contributed by atoms with Crippen LogP contribution in [-0.2, 0) is 16.1 Å². The van der Waals surface area contributed by atoms with Gasteiger partial charge in [-0.05, 0) is 34.8 Å². The van der Waals surface area contributed by atoms with Crippen LogP contribution < -0.4 is 5.32 Å². The van der Waals surface area contributed by atoms with Crippen LogP contribution in [-0.4, -0.2) is 26.8 Å². The third-order valence-electron chi connectivity index (χ3n) is 4.34. The van der Waals surface area contributed by atoms with Gasteiger partial charge in [-0.3, -0.25) is 14.3 Å². The third kappa shape index (κ3) is 4.01. The van der Waals surface area contributed by atoms with Crippen molar-refractivity contribution in [3.05, 3.63) is 58.5 Å². The Morgan fingerprint density at radius 1 is 1.27 bits per heavy atom. The van der Waals surface area contributed by atoms with Crippen LogP contribution in [0.25, 0.3) is 0 Å². The number of benzene rings is 1. The minimum Gasteiger partial charge on any atom is -0.481 e. The van der Waals surface area contributed by atoms with Crippen molar-refractivity contribution < 1.29 is 19.1 Å². The highest BCUT2D eigenvalue weighted by Crippen LogP contribution is 2.28. The predicted molar refractivity (Wildman–Crippen MR) is 97.0 cm³/mol. The number of halogens is 2. The topological polar surface area (TPSA) is 84.2 Å². The maximum Gasteiger partial charge on any atom is 0.307 e. The second kappa shape index (κ2) is 7.82. The molecule has 2 aromatic rings. The van der Waals surface area contributed by atoms with Crippen LogP contribution in [0.1, 0.15) is 18.4 Å². The Labute approximate surface area is 157 Å². The molecule has 2 N–H and O–H groups in total. The number of carboxylic acid groups (broad SMARTS) is 1. The Balaban J connectivity index is 1.73. The van der Waals surface area contributed by atoms with Gasteiger partial charge in [0.2, 0.25) is 5.91 Å². The molecule has 0 bridgehead atoms. The number of amides is 1. The van der Waals surface area contributed by atoms with Crippen molar-refractivity contribution in [2.75, 3.05) is 5.32 Å². The second-order valence-electron chi connectivity index (χ2n) is 6.10. The standard InChI is InChI=1S/C18H17BrFN3O3/c19-14-10-23(9-11-5-1-4-8-15(11)20)22-16(14)21-17(24)12-6-2-3-7-13(12)18(25)26/h1-5,8,10,12-13H,6-7,9H2,(H,25,26)(H,21,22,24). The number of aliphatic carboxylic acids is 1. The average Bonchev–Trinajstić information content (AvgIpc) is 2.96. The zero-order valence-electron chi connectivity index (χ0n) is 13.7. The number of carbonyl (C=O) groups excluding carboxylic acids is 1. The molecule has 26 heavy (non-hydrogen) atoms. The van der Waals surface area contributed by atoms with Gasteiger partial charge in [-0.25, -0.2) is 4.39 Å². The van der Waals surface area contributed by atoms with Crippen LogP contribution in [0.5, 0.6) is 0 Å². The van der Waals surface area contributed by atoms with Crippen molar-refractivity contribution in [3.8, 4) is 0 Å². The average molecular weight is 422 g/mol. The van der Waals surface area contributed by atoms with Crippen molar-refractivity contribution in [3.63, 3.8) is 0 Å². The number of anilines is 1. The molecule has 2 atom stereocenters. The lowest BCUT2D eigenvalue weighted by molar-refractivity contribution is -0.146. The van der Waals surface area contributed by atoms with Crippen LogP contribution in [0, 0.1) is 17.7 Å². The first-order valence-corrected chi connectivity index (χ1v) is 8.90. The molecule has 0 fully saturated rings. The summed E-state index contributed by atoms with van der Waals surface area (Å²) in [7, 11) is 0. The van der Waals surface area contributed by atoms with E-state index in [1.165, 1.54) is 10.7 Å². The van der Waals surface area contributed by atoms with E-state index in [1.54, 1.807) is 30.5 Å². The SMILES string of the molecule is O=C(O)C1CC=CCC1C(=O)Nc1nn(Cc2ccccc2F)cc1Br. The summed E-state index contributed by atoms with van der Waals surface area (Å²) in [6.07, 6.45) is 5.93. The maximum absolute atomic E-state index is 13.8. The van der Waals surface area contributed by atoms with Crippen LogP contribution in [0.3, 0.4) is 0 Å². The van der Waals surface area contributed by atoms with E-state index >= 15 is 0 Å². The predicted octanol–water partition coefficient (Wildman–Crippen LogP) is 3.44. The lowest BCUT2D eigenvalue weighted by Gasteiger charge is -2.23. The van der Waals surface area contributed by atoms with Crippen LogP contribution in [0.2, 0.25) is 0 Å². The summed E-state index contributed by atoms with van der Waals surface area (Å²) in [6.45, 7) is 0.213. The first-order chi connectivity index (χ1) is 12.5. The highest BCUT2D eigenvalue weighted by atomic mass is 79.9. The van der Waals surface area contributed by atoms with Crippen molar-refractivity contribution in [1.29, 1.82) is 0 Å². The first-order valence-electron chi connectivity index (χ1n) is 8.10. The van der Waals surface area contributed by atoms with Crippen molar-refractivity contribution in [2.24, 2.45) is 11.8 Å². The lowest BCUT2D eigenvalue weighted by Crippen LogP contribution is -2.34. The summed E-state index contributed by atoms with van der Waals surface area (Å²) in [5.41, 5.74) is 0.476. The van der Waals surface area contributed by atoms with Gasteiger partial charge in [-0.1, -0.05) is 30.4 Å². The zero-order chi connectivity index (χ0) is 18.7. The molecule has 0 aliphatic heterocycles. The van der Waals surface area contributed by atoms with Gasteiger partial charge in [0, 0.05) is 11.8 Å². The molecule has 8 heteroatoms. The van der Waals surface area contributed by atoms with Crippen LogP contribution >= 0.6 is 15.9 Å². The van der Waals surface area contributed by atoms with Crippen molar-refractivity contribution in [1.82, 2.24) is 9.78 Å². The molecule has 1 heterocycles. The number of hydrogen-bond donors (Lipinski definition) is 2. The minimum absolute atomic E-state index is 0.213. The molecular weight excluding hydrogens is 405 g/mol. The monoisotopic (exact) mass is 421 g/mol. The number of allylic oxidation sites excluding steroid dienone is 2. The van der Waals surface area contributed by atoms with E-state index in [-0.39, 0.29) is 18.2 Å². The van der Waals surface area contributed by atoms with Crippen LogP contribution in [0.4, 0.5) is 10.2 Å². The van der Waals surface area contributed by atoms with Gasteiger partial charge < -0.3 is 10.4 Å². The molecule has 1 aromatic heterocycles. The molecular formula is C18H17BrFN3O3. The number of rotatable bonds is 5. The summed E-state index contributed by atoms with van der Waals surface area (Å²) in [5, 5.41) is 16.2. The maximum atomic E-state index is 13.8. The smallest absolute Gasteiger partial charge is 0.307 e. The highest BCUT2D eigenvalue weighted by Gasteiger charge is 2.34. The molecule has 1 aliphatic rings. The normalized spacial score (nSPS) is 19.3. The molecule has 1 aliphatic carbocycles. The van der Waals surface area contributed by atoms with E-state index in [4.69, 9.17) is 0 Å². The number of nitrogens with zero attached hydrogens (tertiary/aromatic N) is 2. The van der Waals surface area contributed by atoms with Gasteiger partial charge in [-0.2, -0.15) is 5.10 Å². The Morgan fingerprint density at radius 2 is 1.96 bits per heavy atom. The van der Waals surface area contributed by atoms with E-state index in [2.05, 4.69) is 26.3 Å². The molecule has 136 valence electrons. The van der Waals surface area contributed by atoms with Gasteiger partial charge in [0.05, 0.1) is 22.9 Å². The zero-order valence-corrected chi connectivity index (χ0v) is 15.3. The quantitative estimate of drug-likeness (QED) is 0.724. The molecule has 1 aromatic carbocycles. The van der Waals surface area contributed by atoms with Gasteiger partial charge in [0.1, 0.15) is 5.82 Å².